The highest BCUT2D eigenvalue weighted by Crippen LogP contribution is 2.45. The van der Waals surface area contributed by atoms with Gasteiger partial charge in [-0.05, 0) is 47.9 Å². The van der Waals surface area contributed by atoms with Crippen molar-refractivity contribution in [1.82, 2.24) is 10.2 Å². The lowest BCUT2D eigenvalue weighted by molar-refractivity contribution is -0.143. The second-order valence-electron chi connectivity index (χ2n) is 9.94. The van der Waals surface area contributed by atoms with Crippen LogP contribution in [0.3, 0.4) is 0 Å². The topological polar surface area (TPSA) is 95.9 Å². The zero-order valence-electron chi connectivity index (χ0n) is 20.0. The van der Waals surface area contributed by atoms with Gasteiger partial charge >= 0.3 is 12.1 Å². The van der Waals surface area contributed by atoms with E-state index in [1.54, 1.807) is 4.90 Å². The molecule has 4 unspecified atom stereocenters. The average molecular weight is 477 g/mol. The quantitative estimate of drug-likeness (QED) is 0.583. The molecular formula is C28H32N2O5. The zero-order valence-corrected chi connectivity index (χ0v) is 20.0. The first-order valence-electron chi connectivity index (χ1n) is 12.6. The molecule has 1 aliphatic carbocycles. The first-order chi connectivity index (χ1) is 17.0. The number of rotatable bonds is 8. The summed E-state index contributed by atoms with van der Waals surface area (Å²) in [6, 6.07) is 15.8. The number of alkyl carbamates (subject to hydrolysis) is 1. The summed E-state index contributed by atoms with van der Waals surface area (Å²) in [6.07, 6.45) is 3.24. The number of amides is 2. The molecule has 2 N–H and O–H groups in total. The lowest BCUT2D eigenvalue weighted by Crippen LogP contribution is -2.43. The molecule has 7 nitrogen and oxygen atoms in total. The molecule has 2 aliphatic heterocycles. The van der Waals surface area contributed by atoms with E-state index < -0.39 is 18.0 Å². The Morgan fingerprint density at radius 2 is 1.71 bits per heavy atom. The Labute approximate surface area is 205 Å². The fourth-order valence-corrected chi connectivity index (χ4v) is 6.34. The van der Waals surface area contributed by atoms with Crippen LogP contribution in [0.1, 0.15) is 62.5 Å². The highest BCUT2D eigenvalue weighted by molar-refractivity contribution is 5.82. The molecule has 2 aromatic carbocycles. The first kappa shape index (κ1) is 23.4. The molecule has 2 fully saturated rings. The summed E-state index contributed by atoms with van der Waals surface area (Å²) in [5, 5.41) is 12.4. The molecule has 2 bridgehead atoms. The van der Waals surface area contributed by atoms with Crippen LogP contribution in [-0.2, 0) is 14.3 Å². The number of hydrogen-bond donors (Lipinski definition) is 2. The van der Waals surface area contributed by atoms with E-state index in [9.17, 15) is 19.5 Å². The van der Waals surface area contributed by atoms with Crippen LogP contribution < -0.4 is 5.32 Å². The van der Waals surface area contributed by atoms with E-state index >= 15 is 0 Å². The van der Waals surface area contributed by atoms with Crippen LogP contribution in [0.25, 0.3) is 11.1 Å². The molecule has 0 saturated carbocycles. The van der Waals surface area contributed by atoms with Crippen molar-refractivity contribution >= 4 is 18.0 Å². The lowest BCUT2D eigenvalue weighted by Gasteiger charge is -2.26. The van der Waals surface area contributed by atoms with Crippen molar-refractivity contribution in [2.24, 2.45) is 5.92 Å². The molecule has 0 radical (unpaired) electrons. The molecule has 2 amide bonds. The maximum Gasteiger partial charge on any atom is 0.407 e. The smallest absolute Gasteiger partial charge is 0.407 e. The van der Waals surface area contributed by atoms with E-state index in [0.717, 1.165) is 30.4 Å². The maximum absolute atomic E-state index is 13.1. The minimum atomic E-state index is -0.822. The number of nitrogens with one attached hydrogen (secondary N) is 1. The molecule has 2 aromatic rings. The van der Waals surface area contributed by atoms with Crippen LogP contribution in [0.15, 0.2) is 48.5 Å². The predicted octanol–water partition coefficient (Wildman–Crippen LogP) is 4.55. The fourth-order valence-electron chi connectivity index (χ4n) is 6.34. The van der Waals surface area contributed by atoms with Gasteiger partial charge in [0, 0.05) is 30.5 Å². The molecule has 5 rings (SSSR count). The largest absolute Gasteiger partial charge is 0.481 e. The van der Waals surface area contributed by atoms with Gasteiger partial charge in [-0.1, -0.05) is 61.9 Å². The molecular weight excluding hydrogens is 444 g/mol. The van der Waals surface area contributed by atoms with E-state index in [-0.39, 0.29) is 43.0 Å². The number of carbonyl (C=O) groups excluding carboxylic acids is 2. The van der Waals surface area contributed by atoms with Crippen molar-refractivity contribution in [2.45, 2.75) is 69.5 Å². The molecule has 184 valence electrons. The van der Waals surface area contributed by atoms with Crippen LogP contribution >= 0.6 is 0 Å². The fraction of sp³-hybridized carbons (Fsp3) is 0.464. The van der Waals surface area contributed by atoms with Gasteiger partial charge in [0.25, 0.3) is 0 Å². The number of carboxylic acid groups (broad SMARTS) is 1. The third-order valence-electron chi connectivity index (χ3n) is 7.87. The Hall–Kier alpha value is -3.35. The van der Waals surface area contributed by atoms with Crippen molar-refractivity contribution in [3.8, 4) is 11.1 Å². The number of carbonyl (C=O) groups is 3. The first-order valence-corrected chi connectivity index (χ1v) is 12.6. The van der Waals surface area contributed by atoms with E-state index in [2.05, 4.69) is 29.6 Å². The van der Waals surface area contributed by atoms with Crippen LogP contribution in [0.4, 0.5) is 4.79 Å². The van der Waals surface area contributed by atoms with Gasteiger partial charge in [-0.15, -0.1) is 0 Å². The van der Waals surface area contributed by atoms with Gasteiger partial charge in [0.1, 0.15) is 6.61 Å². The van der Waals surface area contributed by atoms with Crippen LogP contribution in [-0.4, -0.2) is 52.7 Å². The average Bonchev–Trinajstić information content (AvgIpc) is 3.53. The van der Waals surface area contributed by atoms with Crippen molar-refractivity contribution in [3.05, 3.63) is 59.7 Å². The van der Waals surface area contributed by atoms with E-state index in [0.29, 0.717) is 12.8 Å². The lowest BCUT2D eigenvalue weighted by atomic mass is 9.89. The number of ether oxygens (including phenoxy) is 1. The molecule has 2 saturated heterocycles. The van der Waals surface area contributed by atoms with Gasteiger partial charge in [-0.3, -0.25) is 9.59 Å². The third-order valence-corrected chi connectivity index (χ3v) is 7.87. The highest BCUT2D eigenvalue weighted by Gasteiger charge is 2.51. The van der Waals surface area contributed by atoms with Gasteiger partial charge in [0.05, 0.1) is 5.92 Å². The maximum atomic E-state index is 13.1. The van der Waals surface area contributed by atoms with Gasteiger partial charge in [0.15, 0.2) is 0 Å². The van der Waals surface area contributed by atoms with Crippen molar-refractivity contribution in [2.75, 3.05) is 6.61 Å². The highest BCUT2D eigenvalue weighted by atomic mass is 16.5. The van der Waals surface area contributed by atoms with Gasteiger partial charge < -0.3 is 20.1 Å². The van der Waals surface area contributed by atoms with Crippen molar-refractivity contribution < 1.29 is 24.2 Å². The monoisotopic (exact) mass is 476 g/mol. The summed E-state index contributed by atoms with van der Waals surface area (Å²) in [4.78, 5) is 39.2. The summed E-state index contributed by atoms with van der Waals surface area (Å²) < 4.78 is 5.67. The number of fused-ring (bicyclic) bond motifs is 5. The van der Waals surface area contributed by atoms with Gasteiger partial charge in [0.2, 0.25) is 5.91 Å². The molecule has 4 atom stereocenters. The summed E-state index contributed by atoms with van der Waals surface area (Å²) in [5.41, 5.74) is 4.65. The summed E-state index contributed by atoms with van der Waals surface area (Å²) >= 11 is 0. The van der Waals surface area contributed by atoms with Gasteiger partial charge in [-0.2, -0.15) is 0 Å². The molecule has 0 spiro atoms. The standard InChI is InChI=1S/C28H32N2O5/c1-2-7-17(14-26(31)30-18-12-13-25(30)23(15-18)27(32)33)29-28(34)35-16-24-21-10-5-3-8-19(21)20-9-4-6-11-22(20)24/h3-6,8-11,17-18,23-25H,2,7,12-16H2,1H3,(H,29,34)(H,32,33). The Balaban J connectivity index is 1.20. The SMILES string of the molecule is CCCC(CC(=O)N1C2CCC1C(C(=O)O)C2)NC(=O)OCC1c2ccccc2-c2ccccc21. The third kappa shape index (κ3) is 4.40. The van der Waals surface area contributed by atoms with Crippen molar-refractivity contribution in [1.29, 1.82) is 0 Å². The number of nitrogens with zero attached hydrogens (tertiary/aromatic N) is 1. The van der Waals surface area contributed by atoms with Crippen LogP contribution in [0.5, 0.6) is 0 Å². The summed E-state index contributed by atoms with van der Waals surface area (Å²) in [6.45, 7) is 2.24. The Morgan fingerprint density at radius 3 is 2.31 bits per heavy atom. The minimum Gasteiger partial charge on any atom is -0.481 e. The van der Waals surface area contributed by atoms with Crippen LogP contribution in [0.2, 0.25) is 0 Å². The van der Waals surface area contributed by atoms with E-state index in [4.69, 9.17) is 4.74 Å². The van der Waals surface area contributed by atoms with Crippen LogP contribution in [0, 0.1) is 5.92 Å². The number of hydrogen-bond acceptors (Lipinski definition) is 4. The van der Waals surface area contributed by atoms with Gasteiger partial charge in [-0.25, -0.2) is 4.79 Å². The molecule has 7 heteroatoms. The zero-order chi connectivity index (χ0) is 24.5. The van der Waals surface area contributed by atoms with E-state index in [1.165, 1.54) is 11.1 Å². The second kappa shape index (κ2) is 9.72. The number of aliphatic carboxylic acids is 1. The van der Waals surface area contributed by atoms with E-state index in [1.807, 2.05) is 31.2 Å². The van der Waals surface area contributed by atoms with Crippen molar-refractivity contribution in [3.63, 3.8) is 0 Å². The minimum absolute atomic E-state index is 0.00494. The predicted molar refractivity (Wildman–Crippen MR) is 131 cm³/mol. The molecule has 3 aliphatic rings. The Bertz CT molecular complexity index is 1090. The molecule has 0 aromatic heterocycles. The number of benzene rings is 2. The Kier molecular flexibility index (Phi) is 6.50. The molecule has 2 heterocycles. The normalized spacial score (nSPS) is 23.0. The number of carboxylic acids is 1. The summed E-state index contributed by atoms with van der Waals surface area (Å²) in [7, 11) is 0. The molecule has 35 heavy (non-hydrogen) atoms. The second-order valence-corrected chi connectivity index (χ2v) is 9.94. The summed E-state index contributed by atoms with van der Waals surface area (Å²) in [5.74, 6) is -1.39. The Morgan fingerprint density at radius 1 is 1.06 bits per heavy atom.